The lowest BCUT2D eigenvalue weighted by Crippen LogP contribution is -2.15. The number of hydrogen-bond acceptors (Lipinski definition) is 4. The molecule has 0 aliphatic rings. The van der Waals surface area contributed by atoms with E-state index in [1.165, 1.54) is 12.4 Å². The molecule has 2 aromatic rings. The van der Waals surface area contributed by atoms with Crippen LogP contribution in [0.4, 0.5) is 8.78 Å². The minimum absolute atomic E-state index is 0.155. The molecule has 1 aromatic carbocycles. The summed E-state index contributed by atoms with van der Waals surface area (Å²) in [5.74, 6) is -2.84. The number of rotatable bonds is 4. The molecule has 0 saturated heterocycles. The second kappa shape index (κ2) is 6.04. The van der Waals surface area contributed by atoms with Crippen LogP contribution in [0.15, 0.2) is 40.0 Å². The molecule has 0 aliphatic carbocycles. The van der Waals surface area contributed by atoms with Crippen molar-refractivity contribution < 1.29 is 21.9 Å². The average Bonchev–Trinajstić information content (AvgIpc) is 2.36. The molecule has 5 nitrogen and oxygen atoms in total. The van der Waals surface area contributed by atoms with Gasteiger partial charge in [-0.3, -0.25) is 4.98 Å². The summed E-state index contributed by atoms with van der Waals surface area (Å²) in [7, 11) is -4.32. The second-order valence-corrected chi connectivity index (χ2v) is 6.51. The van der Waals surface area contributed by atoms with Gasteiger partial charge in [-0.25, -0.2) is 22.3 Å². The van der Waals surface area contributed by atoms with Crippen LogP contribution in [0.25, 0.3) is 0 Å². The van der Waals surface area contributed by atoms with Crippen molar-refractivity contribution >= 4 is 26.0 Å². The standard InChI is InChI=1S/C12H9BrF2N2O3S/c13-8-1-7(4-17-5-8)6-20-12-10(15)2-9(14)3-11(12)21(16,18)19/h1-5H,6H2,(H2,16,18,19). The monoisotopic (exact) mass is 378 g/mol. The van der Waals surface area contributed by atoms with Gasteiger partial charge in [0.2, 0.25) is 10.0 Å². The summed E-state index contributed by atoms with van der Waals surface area (Å²) < 4.78 is 55.4. The van der Waals surface area contributed by atoms with E-state index in [0.717, 1.165) is 0 Å². The number of ether oxygens (including phenoxy) is 1. The van der Waals surface area contributed by atoms with Crippen molar-refractivity contribution in [2.24, 2.45) is 5.14 Å². The summed E-state index contributed by atoms with van der Waals surface area (Å²) in [4.78, 5) is 3.13. The van der Waals surface area contributed by atoms with Gasteiger partial charge in [0.05, 0.1) is 0 Å². The summed E-state index contributed by atoms with van der Waals surface area (Å²) in [6.07, 6.45) is 3.00. The lowest BCUT2D eigenvalue weighted by atomic mass is 10.3. The van der Waals surface area contributed by atoms with E-state index in [9.17, 15) is 17.2 Å². The van der Waals surface area contributed by atoms with E-state index in [-0.39, 0.29) is 6.61 Å². The van der Waals surface area contributed by atoms with E-state index in [1.54, 1.807) is 6.07 Å². The van der Waals surface area contributed by atoms with Gasteiger partial charge in [0.1, 0.15) is 17.3 Å². The number of pyridine rings is 1. The predicted octanol–water partition coefficient (Wildman–Crippen LogP) is 2.35. The van der Waals surface area contributed by atoms with Gasteiger partial charge in [0, 0.05) is 28.5 Å². The van der Waals surface area contributed by atoms with E-state index >= 15 is 0 Å². The number of hydrogen-bond donors (Lipinski definition) is 1. The van der Waals surface area contributed by atoms with Crippen molar-refractivity contribution in [2.45, 2.75) is 11.5 Å². The maximum absolute atomic E-state index is 13.7. The molecule has 0 bridgehead atoms. The Balaban J connectivity index is 2.36. The summed E-state index contributed by atoms with van der Waals surface area (Å²) in [5.41, 5.74) is 0.563. The zero-order valence-electron chi connectivity index (χ0n) is 10.4. The smallest absolute Gasteiger partial charge is 0.241 e. The minimum atomic E-state index is -4.32. The van der Waals surface area contributed by atoms with Crippen molar-refractivity contribution in [2.75, 3.05) is 0 Å². The molecule has 0 unspecified atom stereocenters. The summed E-state index contributed by atoms with van der Waals surface area (Å²) in [5, 5.41) is 4.93. The van der Waals surface area contributed by atoms with Crippen LogP contribution < -0.4 is 9.88 Å². The van der Waals surface area contributed by atoms with Gasteiger partial charge in [-0.1, -0.05) is 0 Å². The molecule has 112 valence electrons. The zero-order chi connectivity index (χ0) is 15.6. The highest BCUT2D eigenvalue weighted by molar-refractivity contribution is 9.10. The van der Waals surface area contributed by atoms with Crippen molar-refractivity contribution in [3.8, 4) is 5.75 Å². The Morgan fingerprint density at radius 2 is 1.95 bits per heavy atom. The SMILES string of the molecule is NS(=O)(=O)c1cc(F)cc(F)c1OCc1cncc(Br)c1. The maximum Gasteiger partial charge on any atom is 0.241 e. The first-order valence-electron chi connectivity index (χ1n) is 5.51. The van der Waals surface area contributed by atoms with Gasteiger partial charge in [0.15, 0.2) is 11.6 Å². The van der Waals surface area contributed by atoms with Crippen molar-refractivity contribution in [3.63, 3.8) is 0 Å². The van der Waals surface area contributed by atoms with Crippen LogP contribution >= 0.6 is 15.9 Å². The Kier molecular flexibility index (Phi) is 4.55. The molecule has 0 spiro atoms. The van der Waals surface area contributed by atoms with Gasteiger partial charge in [-0.05, 0) is 28.1 Å². The van der Waals surface area contributed by atoms with E-state index in [4.69, 9.17) is 9.88 Å². The van der Waals surface area contributed by atoms with Gasteiger partial charge >= 0.3 is 0 Å². The molecular weight excluding hydrogens is 370 g/mol. The Hall–Kier alpha value is -1.58. The third kappa shape index (κ3) is 3.96. The number of primary sulfonamides is 1. The Morgan fingerprint density at radius 3 is 2.57 bits per heavy atom. The van der Waals surface area contributed by atoms with E-state index in [1.807, 2.05) is 0 Å². The topological polar surface area (TPSA) is 82.3 Å². The molecule has 0 atom stereocenters. The number of nitrogens with two attached hydrogens (primary N) is 1. The lowest BCUT2D eigenvalue weighted by Gasteiger charge is -2.11. The molecule has 0 radical (unpaired) electrons. The Morgan fingerprint density at radius 1 is 1.24 bits per heavy atom. The number of benzene rings is 1. The predicted molar refractivity (Wildman–Crippen MR) is 74.0 cm³/mol. The molecule has 9 heteroatoms. The third-order valence-corrected chi connectivity index (χ3v) is 3.78. The fourth-order valence-corrected chi connectivity index (χ4v) is 2.68. The lowest BCUT2D eigenvalue weighted by molar-refractivity contribution is 0.280. The van der Waals surface area contributed by atoms with Gasteiger partial charge in [0.25, 0.3) is 0 Å². The summed E-state index contributed by atoms with van der Waals surface area (Å²) in [6.45, 7) is -0.155. The quantitative estimate of drug-likeness (QED) is 0.884. The highest BCUT2D eigenvalue weighted by atomic mass is 79.9. The molecule has 2 N–H and O–H groups in total. The van der Waals surface area contributed by atoms with Crippen LogP contribution in [0.3, 0.4) is 0 Å². The number of halogens is 3. The molecule has 0 fully saturated rings. The first-order chi connectivity index (χ1) is 9.77. The molecule has 0 saturated carbocycles. The fourth-order valence-electron chi connectivity index (χ4n) is 1.58. The van der Waals surface area contributed by atoms with Gasteiger partial charge in [-0.2, -0.15) is 0 Å². The van der Waals surface area contributed by atoms with Gasteiger partial charge in [-0.15, -0.1) is 0 Å². The van der Waals surface area contributed by atoms with Crippen LogP contribution in [0.2, 0.25) is 0 Å². The average molecular weight is 379 g/mol. The first kappa shape index (κ1) is 15.8. The number of aromatic nitrogens is 1. The molecule has 2 rings (SSSR count). The zero-order valence-corrected chi connectivity index (χ0v) is 12.8. The second-order valence-electron chi connectivity index (χ2n) is 4.06. The Labute approximate surface area is 127 Å². The van der Waals surface area contributed by atoms with Crippen LogP contribution in [0.1, 0.15) is 5.56 Å². The third-order valence-electron chi connectivity index (χ3n) is 2.43. The molecule has 21 heavy (non-hydrogen) atoms. The minimum Gasteiger partial charge on any atom is -0.484 e. The van der Waals surface area contributed by atoms with Crippen molar-refractivity contribution in [3.05, 3.63) is 52.3 Å². The highest BCUT2D eigenvalue weighted by Gasteiger charge is 2.21. The van der Waals surface area contributed by atoms with E-state index < -0.39 is 32.3 Å². The molecule has 1 aromatic heterocycles. The largest absolute Gasteiger partial charge is 0.484 e. The van der Waals surface area contributed by atoms with Crippen LogP contribution in [-0.4, -0.2) is 13.4 Å². The van der Waals surface area contributed by atoms with Crippen LogP contribution in [-0.2, 0) is 16.6 Å². The Bertz CT molecular complexity index is 784. The number of sulfonamides is 1. The van der Waals surface area contributed by atoms with Crippen LogP contribution in [0.5, 0.6) is 5.75 Å². The highest BCUT2D eigenvalue weighted by Crippen LogP contribution is 2.28. The molecule has 0 amide bonds. The van der Waals surface area contributed by atoms with Crippen molar-refractivity contribution in [1.82, 2.24) is 4.98 Å². The van der Waals surface area contributed by atoms with Crippen molar-refractivity contribution in [1.29, 1.82) is 0 Å². The molecule has 1 heterocycles. The summed E-state index contributed by atoms with van der Waals surface area (Å²) >= 11 is 3.20. The molecule has 0 aliphatic heterocycles. The van der Waals surface area contributed by atoms with Gasteiger partial charge < -0.3 is 4.74 Å². The van der Waals surface area contributed by atoms with E-state index in [2.05, 4.69) is 20.9 Å². The fraction of sp³-hybridized carbons (Fsp3) is 0.0833. The van der Waals surface area contributed by atoms with Crippen LogP contribution in [0, 0.1) is 11.6 Å². The first-order valence-corrected chi connectivity index (χ1v) is 7.85. The summed E-state index contributed by atoms with van der Waals surface area (Å²) in [6, 6.07) is 2.78. The normalized spacial score (nSPS) is 11.4. The maximum atomic E-state index is 13.7. The number of nitrogens with zero attached hydrogens (tertiary/aromatic N) is 1. The molecular formula is C12H9BrF2N2O3S. The van der Waals surface area contributed by atoms with E-state index in [0.29, 0.717) is 22.2 Å².